The largest absolute Gasteiger partial charge is 0.456 e. The van der Waals surface area contributed by atoms with E-state index in [0.717, 1.165) is 67.6 Å². The van der Waals surface area contributed by atoms with Crippen LogP contribution >= 0.6 is 23.2 Å². The van der Waals surface area contributed by atoms with Crippen molar-refractivity contribution in [3.05, 3.63) is 113 Å². The van der Waals surface area contributed by atoms with Crippen molar-refractivity contribution < 1.29 is 35.1 Å². The van der Waals surface area contributed by atoms with Crippen molar-refractivity contribution >= 4 is 76.8 Å². The minimum Gasteiger partial charge on any atom is -0.456 e. The highest BCUT2D eigenvalue weighted by atomic mass is 35.5. The third kappa shape index (κ3) is 11.0. The smallest absolute Gasteiger partial charge is 0.427 e. The molecule has 0 radical (unpaired) electrons. The molecule has 0 unspecified atom stereocenters. The number of alkyl halides is 3. The monoisotopic (exact) mass is 956 g/mol. The van der Waals surface area contributed by atoms with Crippen LogP contribution in [0.5, 0.6) is 11.5 Å². The van der Waals surface area contributed by atoms with Crippen LogP contribution in [0.2, 0.25) is 5.02 Å². The summed E-state index contributed by atoms with van der Waals surface area (Å²) in [5.74, 6) is -0.642. The van der Waals surface area contributed by atoms with Crippen LogP contribution in [0.25, 0.3) is 16.5 Å². The Morgan fingerprint density at radius 2 is 1.67 bits per heavy atom. The Labute approximate surface area is 383 Å². The number of aromatic nitrogens is 1. The Hall–Kier alpha value is -4.71. The summed E-state index contributed by atoms with van der Waals surface area (Å²) in [6.45, 7) is 9.18. The van der Waals surface area contributed by atoms with Gasteiger partial charge in [0.1, 0.15) is 11.5 Å². The second-order valence-electron chi connectivity index (χ2n) is 17.3. The molecule has 64 heavy (non-hydrogen) atoms. The predicted molar refractivity (Wildman–Crippen MR) is 250 cm³/mol. The van der Waals surface area contributed by atoms with E-state index in [1.807, 2.05) is 48.0 Å². The molecule has 2 aliphatic rings. The number of carbonyl (C=O) groups excluding carboxylic acids is 1. The van der Waals surface area contributed by atoms with Crippen LogP contribution in [-0.2, 0) is 19.9 Å². The van der Waals surface area contributed by atoms with Crippen molar-refractivity contribution in [3.63, 3.8) is 0 Å². The number of allylic oxidation sites excluding steroid dienone is 1. The van der Waals surface area contributed by atoms with Crippen molar-refractivity contribution in [1.82, 2.24) is 19.5 Å². The van der Waals surface area contributed by atoms with Crippen molar-refractivity contribution in [1.29, 1.82) is 0 Å². The minimum absolute atomic E-state index is 0.0624. The number of nitrogens with zero attached hydrogens (tertiary/aromatic N) is 3. The number of hydrogen-bond acceptors (Lipinski definition) is 10. The van der Waals surface area contributed by atoms with Crippen LogP contribution in [-0.4, -0.2) is 102 Å². The van der Waals surface area contributed by atoms with Gasteiger partial charge < -0.3 is 24.8 Å². The molecule has 3 N–H and O–H groups in total. The first-order chi connectivity index (χ1) is 30.2. The van der Waals surface area contributed by atoms with Crippen molar-refractivity contribution in [3.8, 4) is 11.5 Å². The lowest BCUT2D eigenvalue weighted by molar-refractivity contribution is 0.0979. The highest BCUT2D eigenvalue weighted by Gasteiger charge is 2.46. The lowest BCUT2D eigenvalue weighted by Gasteiger charge is -2.39. The molecule has 342 valence electrons. The van der Waals surface area contributed by atoms with Crippen molar-refractivity contribution in [2.75, 3.05) is 70.1 Å². The summed E-state index contributed by atoms with van der Waals surface area (Å²) >= 11 is 11.3. The van der Waals surface area contributed by atoms with Gasteiger partial charge in [0.15, 0.2) is 0 Å². The first-order valence-electron chi connectivity index (χ1n) is 20.9. The maximum absolute atomic E-state index is 14.3. The third-order valence-electron chi connectivity index (χ3n) is 11.7. The number of aromatic amines is 1. The number of carbonyl (C=O) groups is 1. The van der Waals surface area contributed by atoms with E-state index in [1.165, 1.54) is 22.8 Å². The summed E-state index contributed by atoms with van der Waals surface area (Å²) in [4.78, 5) is 21.8. The third-order valence-corrected chi connectivity index (χ3v) is 15.4. The Balaban J connectivity index is 1.13. The molecule has 0 atom stereocenters. The predicted octanol–water partition coefficient (Wildman–Crippen LogP) is 9.44. The molecular formula is C46H52Cl2F2N6O6S2. The number of benzene rings is 4. The van der Waals surface area contributed by atoms with Gasteiger partial charge in [-0.25, -0.2) is 21.6 Å². The van der Waals surface area contributed by atoms with Gasteiger partial charge in [0.2, 0.25) is 0 Å². The molecular weight excluding hydrogens is 906 g/mol. The van der Waals surface area contributed by atoms with Gasteiger partial charge in [0.05, 0.1) is 21.0 Å². The molecule has 1 fully saturated rings. The van der Waals surface area contributed by atoms with Gasteiger partial charge in [0.25, 0.3) is 25.8 Å². The van der Waals surface area contributed by atoms with Gasteiger partial charge in [-0.05, 0) is 141 Å². The fraction of sp³-hybridized carbons (Fsp3) is 0.370. The highest BCUT2D eigenvalue weighted by Crippen LogP contribution is 2.44. The van der Waals surface area contributed by atoms with Crippen LogP contribution in [0.15, 0.2) is 106 Å². The topological polar surface area (TPSA) is 144 Å². The number of amides is 1. The van der Waals surface area contributed by atoms with Crippen molar-refractivity contribution in [2.24, 2.45) is 5.41 Å². The second kappa shape index (κ2) is 19.0. The number of rotatable bonds is 16. The number of hydrogen-bond donors (Lipinski definition) is 3. The van der Waals surface area contributed by atoms with E-state index in [1.54, 1.807) is 30.5 Å². The Morgan fingerprint density at radius 3 is 2.38 bits per heavy atom. The zero-order valence-corrected chi connectivity index (χ0v) is 39.2. The molecule has 18 heteroatoms. The van der Waals surface area contributed by atoms with Gasteiger partial charge in [-0.1, -0.05) is 43.2 Å². The van der Waals surface area contributed by atoms with Gasteiger partial charge in [-0.3, -0.25) is 9.69 Å². The molecule has 7 rings (SSSR count). The number of anilines is 2. The normalized spacial score (nSPS) is 16.4. The number of fused-ring (bicyclic) bond motifs is 1. The molecule has 1 aliphatic heterocycles. The average Bonchev–Trinajstić information content (AvgIpc) is 3.71. The van der Waals surface area contributed by atoms with E-state index in [4.69, 9.17) is 27.9 Å². The molecule has 2 heterocycles. The SMILES string of the molecule is CN(C)CCCNc1ccc(S(=O)(=O)NC(=O)c2ccc(N3CCN(CC4=C(c5ccc(Cl)cc5)CC(C)(C)CC4)CC3)cc2Oc2ccc3[nH]ccc3c2)cc1S(=O)(=O)C(F)(F)Cl. The second-order valence-corrected chi connectivity index (χ2v) is 22.1. The molecule has 1 aliphatic carbocycles. The van der Waals surface area contributed by atoms with Crippen LogP contribution < -0.4 is 19.7 Å². The lowest BCUT2D eigenvalue weighted by Crippen LogP contribution is -2.47. The average molecular weight is 958 g/mol. The Bertz CT molecular complexity index is 2770. The van der Waals surface area contributed by atoms with Crippen molar-refractivity contribution in [2.45, 2.75) is 54.0 Å². The lowest BCUT2D eigenvalue weighted by atomic mass is 9.72. The van der Waals surface area contributed by atoms with Gasteiger partial charge in [0, 0.05) is 73.1 Å². The molecule has 0 saturated carbocycles. The van der Waals surface area contributed by atoms with Crippen LogP contribution in [0, 0.1) is 5.41 Å². The summed E-state index contributed by atoms with van der Waals surface area (Å²) in [5, 5.41) is 4.34. The summed E-state index contributed by atoms with van der Waals surface area (Å²) in [7, 11) is -6.76. The number of nitrogens with one attached hydrogen (secondary N) is 3. The van der Waals surface area contributed by atoms with E-state index in [2.05, 4.69) is 46.1 Å². The molecule has 1 amide bonds. The molecule has 12 nitrogen and oxygen atoms in total. The maximum Gasteiger partial charge on any atom is 0.427 e. The maximum atomic E-state index is 14.3. The number of halogens is 4. The number of sulfonamides is 1. The van der Waals surface area contributed by atoms with Gasteiger partial charge in [-0.15, -0.1) is 0 Å². The summed E-state index contributed by atoms with van der Waals surface area (Å²) < 4.78 is 85.6. The Morgan fingerprint density at radius 1 is 0.938 bits per heavy atom. The van der Waals surface area contributed by atoms with E-state index in [0.29, 0.717) is 42.9 Å². The van der Waals surface area contributed by atoms with Gasteiger partial charge >= 0.3 is 4.71 Å². The summed E-state index contributed by atoms with van der Waals surface area (Å²) in [6.07, 6.45) is 5.41. The van der Waals surface area contributed by atoms with Gasteiger partial charge in [-0.2, -0.15) is 8.78 Å². The molecule has 5 aromatic rings. The number of ether oxygens (including phenoxy) is 1. The number of sulfone groups is 1. The fourth-order valence-corrected chi connectivity index (χ4v) is 10.5. The zero-order valence-electron chi connectivity index (χ0n) is 36.1. The van der Waals surface area contributed by atoms with E-state index in [-0.39, 0.29) is 29.0 Å². The standard InChI is InChI=1S/C46H52Cl2F2N6O6S2/c1-45(2)18-16-33(39(29-45)31-6-8-34(47)9-7-31)30-55-22-24-56(25-23-55)35-10-13-38(42(27-35)62-36-11-14-40-32(26-36)17-20-52-40)44(57)53-64(60,61)37-12-15-41(51-19-5-21-54(3)4)43(28-37)63(58,59)46(48,49)50/h6-15,17,20,26-28,51-52H,5,16,18-19,21-25,29-30H2,1-4H3,(H,53,57). The fourth-order valence-electron chi connectivity index (χ4n) is 8.12. The van der Waals surface area contributed by atoms with E-state index < -0.39 is 40.3 Å². The molecule has 0 spiro atoms. The van der Waals surface area contributed by atoms with Crippen LogP contribution in [0.3, 0.4) is 0 Å². The quantitative estimate of drug-likeness (QED) is 0.0647. The molecule has 0 bridgehead atoms. The van der Waals surface area contributed by atoms with E-state index >= 15 is 0 Å². The minimum atomic E-state index is -5.58. The molecule has 4 aromatic carbocycles. The number of H-pyrrole nitrogens is 1. The number of piperazine rings is 1. The summed E-state index contributed by atoms with van der Waals surface area (Å²) in [5.41, 5.74) is 5.43. The summed E-state index contributed by atoms with van der Waals surface area (Å²) in [6, 6.07) is 22.8. The first-order valence-corrected chi connectivity index (χ1v) is 24.7. The zero-order chi connectivity index (χ0) is 46.0. The van der Waals surface area contributed by atoms with Crippen LogP contribution in [0.1, 0.15) is 55.5 Å². The van der Waals surface area contributed by atoms with E-state index in [9.17, 15) is 30.4 Å². The first kappa shape index (κ1) is 47.3. The highest BCUT2D eigenvalue weighted by molar-refractivity contribution is 7.94. The Kier molecular flexibility index (Phi) is 14.0. The van der Waals surface area contributed by atoms with Crippen LogP contribution in [0.4, 0.5) is 20.2 Å². The molecule has 1 saturated heterocycles. The molecule has 1 aromatic heterocycles.